The zero-order valence-corrected chi connectivity index (χ0v) is 18.7. The average Bonchev–Trinajstić information content (AvgIpc) is 2.76. The number of ether oxygens (including phenoxy) is 1. The Morgan fingerprint density at radius 3 is 2.54 bits per heavy atom. The Labute approximate surface area is 200 Å². The maximum Gasteiger partial charge on any atom is 0.399 e. The molecular weight excluding hydrogens is 497 g/mol. The Balaban J connectivity index is 2.04. The highest BCUT2D eigenvalue weighted by Gasteiger charge is 2.39. The van der Waals surface area contributed by atoms with Crippen LogP contribution in [0.25, 0.3) is 11.8 Å². The summed E-state index contributed by atoms with van der Waals surface area (Å²) in [7, 11) is 0. The molecule has 184 valence electrons. The normalized spacial score (nSPS) is 12.7. The van der Waals surface area contributed by atoms with Crippen molar-refractivity contribution in [3.63, 3.8) is 0 Å². The van der Waals surface area contributed by atoms with Crippen molar-refractivity contribution >= 4 is 29.5 Å². The van der Waals surface area contributed by atoms with Gasteiger partial charge < -0.3 is 10.5 Å². The van der Waals surface area contributed by atoms with E-state index in [-0.39, 0.29) is 23.6 Å². The van der Waals surface area contributed by atoms with Gasteiger partial charge in [-0.25, -0.2) is 18.4 Å². The molecule has 0 aliphatic rings. The number of halogens is 6. The van der Waals surface area contributed by atoms with Gasteiger partial charge in [-0.15, -0.1) is 0 Å². The maximum atomic E-state index is 14.6. The molecule has 0 aliphatic heterocycles. The minimum atomic E-state index is -4.86. The first-order valence-corrected chi connectivity index (χ1v) is 10.4. The van der Waals surface area contributed by atoms with Crippen LogP contribution in [-0.2, 0) is 4.74 Å². The van der Waals surface area contributed by atoms with E-state index >= 15 is 0 Å². The first-order valence-electron chi connectivity index (χ1n) is 9.98. The van der Waals surface area contributed by atoms with Gasteiger partial charge in [0.25, 0.3) is 0 Å². The Bertz CT molecular complexity index is 1360. The highest BCUT2D eigenvalue weighted by Crippen LogP contribution is 2.39. The van der Waals surface area contributed by atoms with E-state index in [4.69, 9.17) is 22.1 Å². The molecule has 0 bridgehead atoms. The number of aromatic nitrogens is 2. The van der Waals surface area contributed by atoms with E-state index in [0.717, 1.165) is 48.7 Å². The molecule has 35 heavy (non-hydrogen) atoms. The van der Waals surface area contributed by atoms with Gasteiger partial charge in [-0.05, 0) is 48.4 Å². The van der Waals surface area contributed by atoms with Crippen LogP contribution in [-0.4, -0.2) is 28.3 Å². The Morgan fingerprint density at radius 1 is 1.23 bits per heavy atom. The fourth-order valence-electron chi connectivity index (χ4n) is 3.18. The van der Waals surface area contributed by atoms with Crippen LogP contribution in [0.15, 0.2) is 53.5 Å². The Kier molecular flexibility index (Phi) is 7.59. The molecule has 0 radical (unpaired) electrons. The molecule has 0 amide bonds. The standard InChI is InChI=1S/C23H17ClF5N3O3/c1-2-35-21(33)14-5-3-12(9-17(14)25)4-6-15(23(27,28)29)13-10-16(24)20(26)18(11-13)32-8-7-19(30)31-22(32)34/h3-11,15H,2H2,1H3,(H2,30,31,34)/b6-4+. The van der Waals surface area contributed by atoms with Gasteiger partial charge in [-0.3, -0.25) is 4.57 Å². The minimum Gasteiger partial charge on any atom is -0.462 e. The van der Waals surface area contributed by atoms with E-state index in [1.165, 1.54) is 13.0 Å². The van der Waals surface area contributed by atoms with Crippen LogP contribution in [0.3, 0.4) is 0 Å². The van der Waals surface area contributed by atoms with Crippen molar-refractivity contribution in [2.24, 2.45) is 0 Å². The number of allylic oxidation sites excluding steroid dienone is 1. The molecule has 3 aromatic rings. The first-order chi connectivity index (χ1) is 16.4. The van der Waals surface area contributed by atoms with Crippen molar-refractivity contribution in [1.82, 2.24) is 9.55 Å². The maximum absolute atomic E-state index is 14.6. The topological polar surface area (TPSA) is 87.2 Å². The highest BCUT2D eigenvalue weighted by atomic mass is 35.5. The zero-order valence-electron chi connectivity index (χ0n) is 17.9. The molecule has 1 atom stereocenters. The lowest BCUT2D eigenvalue weighted by Gasteiger charge is -2.19. The molecule has 1 aromatic heterocycles. The zero-order chi connectivity index (χ0) is 25.9. The third-order valence-corrected chi connectivity index (χ3v) is 5.07. The fourth-order valence-corrected chi connectivity index (χ4v) is 3.40. The van der Waals surface area contributed by atoms with E-state index < -0.39 is 51.7 Å². The fraction of sp³-hybridized carbons (Fsp3) is 0.174. The Hall–Kier alpha value is -3.73. The summed E-state index contributed by atoms with van der Waals surface area (Å²) in [5.74, 6) is -5.48. The largest absolute Gasteiger partial charge is 0.462 e. The summed E-state index contributed by atoms with van der Waals surface area (Å²) in [6, 6.07) is 5.96. The van der Waals surface area contributed by atoms with Crippen LogP contribution in [0.4, 0.5) is 27.8 Å². The SMILES string of the molecule is CCOC(=O)c1ccc(/C=C/C(c2cc(Cl)c(F)c(-n3ccc(N)nc3=O)c2)C(F)(F)F)cc1F. The second kappa shape index (κ2) is 10.3. The van der Waals surface area contributed by atoms with Gasteiger partial charge in [0, 0.05) is 6.20 Å². The summed E-state index contributed by atoms with van der Waals surface area (Å²) in [6.07, 6.45) is -2.10. The van der Waals surface area contributed by atoms with E-state index in [1.54, 1.807) is 0 Å². The van der Waals surface area contributed by atoms with Crippen molar-refractivity contribution in [2.75, 3.05) is 12.3 Å². The summed E-state index contributed by atoms with van der Waals surface area (Å²) >= 11 is 5.84. The molecule has 1 heterocycles. The number of benzene rings is 2. The van der Waals surface area contributed by atoms with E-state index in [9.17, 15) is 31.5 Å². The summed E-state index contributed by atoms with van der Waals surface area (Å²) in [4.78, 5) is 27.2. The minimum absolute atomic E-state index is 0.0218. The number of carbonyl (C=O) groups excluding carboxylic acids is 1. The van der Waals surface area contributed by atoms with Gasteiger partial charge in [0.1, 0.15) is 11.6 Å². The molecule has 0 saturated carbocycles. The lowest BCUT2D eigenvalue weighted by atomic mass is 9.96. The average molecular weight is 514 g/mol. The van der Waals surface area contributed by atoms with Gasteiger partial charge in [0.05, 0.1) is 28.8 Å². The van der Waals surface area contributed by atoms with Gasteiger partial charge in [-0.1, -0.05) is 29.8 Å². The van der Waals surface area contributed by atoms with Crippen molar-refractivity contribution < 1.29 is 31.5 Å². The molecule has 1 unspecified atom stereocenters. The quantitative estimate of drug-likeness (QED) is 0.358. The van der Waals surface area contributed by atoms with Crippen LogP contribution in [0.1, 0.15) is 34.3 Å². The number of alkyl halides is 3. The lowest BCUT2D eigenvalue weighted by molar-refractivity contribution is -0.139. The predicted molar refractivity (Wildman–Crippen MR) is 119 cm³/mol. The molecule has 2 N–H and O–H groups in total. The smallest absolute Gasteiger partial charge is 0.399 e. The molecule has 0 aliphatic carbocycles. The number of nitrogen functional groups attached to an aromatic ring is 1. The number of anilines is 1. The molecule has 0 spiro atoms. The monoisotopic (exact) mass is 513 g/mol. The number of hydrogen-bond donors (Lipinski definition) is 1. The molecule has 3 rings (SSSR count). The lowest BCUT2D eigenvalue weighted by Crippen LogP contribution is -2.24. The predicted octanol–water partition coefficient (Wildman–Crippen LogP) is 5.28. The second-order valence-corrected chi connectivity index (χ2v) is 7.59. The summed E-state index contributed by atoms with van der Waals surface area (Å²) in [5.41, 5.74) is 3.00. The van der Waals surface area contributed by atoms with Crippen LogP contribution in [0.2, 0.25) is 5.02 Å². The molecule has 2 aromatic carbocycles. The molecule has 6 nitrogen and oxygen atoms in total. The van der Waals surface area contributed by atoms with Crippen LogP contribution >= 0.6 is 11.6 Å². The molecule has 0 saturated heterocycles. The van der Waals surface area contributed by atoms with Gasteiger partial charge in [0.15, 0.2) is 5.82 Å². The first kappa shape index (κ1) is 25.9. The number of esters is 1. The van der Waals surface area contributed by atoms with E-state index in [0.29, 0.717) is 4.57 Å². The molecule has 0 fully saturated rings. The number of nitrogens with two attached hydrogens (primary N) is 1. The number of rotatable bonds is 6. The van der Waals surface area contributed by atoms with Crippen LogP contribution in [0, 0.1) is 11.6 Å². The van der Waals surface area contributed by atoms with Crippen molar-refractivity contribution in [2.45, 2.75) is 19.0 Å². The van der Waals surface area contributed by atoms with Gasteiger partial charge in [-0.2, -0.15) is 18.2 Å². The summed E-state index contributed by atoms with van der Waals surface area (Å²) in [5, 5.41) is -0.659. The van der Waals surface area contributed by atoms with Crippen molar-refractivity contribution in [3.8, 4) is 5.69 Å². The molecule has 12 heteroatoms. The van der Waals surface area contributed by atoms with Gasteiger partial charge in [0.2, 0.25) is 0 Å². The second-order valence-electron chi connectivity index (χ2n) is 7.18. The third kappa shape index (κ3) is 5.86. The summed E-state index contributed by atoms with van der Waals surface area (Å²) < 4.78 is 76.0. The number of nitrogens with zero attached hydrogens (tertiary/aromatic N) is 2. The van der Waals surface area contributed by atoms with E-state index in [2.05, 4.69) is 4.98 Å². The number of carbonyl (C=O) groups is 1. The number of hydrogen-bond acceptors (Lipinski definition) is 5. The Morgan fingerprint density at radius 2 is 1.94 bits per heavy atom. The van der Waals surface area contributed by atoms with Crippen LogP contribution < -0.4 is 11.4 Å². The van der Waals surface area contributed by atoms with Crippen LogP contribution in [0.5, 0.6) is 0 Å². The van der Waals surface area contributed by atoms with E-state index in [1.807, 2.05) is 0 Å². The summed E-state index contributed by atoms with van der Waals surface area (Å²) in [6.45, 7) is 1.56. The van der Waals surface area contributed by atoms with Crippen molar-refractivity contribution in [1.29, 1.82) is 0 Å². The van der Waals surface area contributed by atoms with Gasteiger partial charge >= 0.3 is 17.8 Å². The third-order valence-electron chi connectivity index (χ3n) is 4.80. The van der Waals surface area contributed by atoms with Crippen molar-refractivity contribution in [3.05, 3.63) is 92.5 Å². The highest BCUT2D eigenvalue weighted by molar-refractivity contribution is 6.31. The molecular formula is C23H17ClF5N3O3.